The quantitative estimate of drug-likeness (QED) is 0.656. The molecule has 0 spiro atoms. The number of rotatable bonds is 5. The van der Waals surface area contributed by atoms with Crippen LogP contribution in [0.2, 0.25) is 10.0 Å². The van der Waals surface area contributed by atoms with Gasteiger partial charge < -0.3 is 11.1 Å². The molecule has 1 heterocycles. The first-order chi connectivity index (χ1) is 13.3. The fourth-order valence-electron chi connectivity index (χ4n) is 2.90. The highest BCUT2D eigenvalue weighted by molar-refractivity contribution is 6.35. The molecule has 1 aromatic heterocycles. The minimum Gasteiger partial charge on any atom is -0.366 e. The Labute approximate surface area is 172 Å². The van der Waals surface area contributed by atoms with Crippen LogP contribution in [0.4, 0.5) is 5.69 Å². The summed E-state index contributed by atoms with van der Waals surface area (Å²) in [4.78, 5) is 23.6. The molecule has 0 bridgehead atoms. The average molecular weight is 417 g/mol. The normalized spacial score (nSPS) is 10.7. The number of aromatic nitrogens is 2. The first-order valence-corrected chi connectivity index (χ1v) is 9.22. The number of nitrogens with two attached hydrogens (primary N) is 1. The highest BCUT2D eigenvalue weighted by Gasteiger charge is 2.17. The summed E-state index contributed by atoms with van der Waals surface area (Å²) in [5.41, 5.74) is 9.25. The maximum atomic E-state index is 12.5. The highest BCUT2D eigenvalue weighted by Crippen LogP contribution is 2.27. The molecule has 28 heavy (non-hydrogen) atoms. The van der Waals surface area contributed by atoms with E-state index >= 15 is 0 Å². The van der Waals surface area contributed by atoms with E-state index in [9.17, 15) is 9.59 Å². The third-order valence-electron chi connectivity index (χ3n) is 4.37. The molecular formula is C20H18Cl2N4O2. The molecule has 0 saturated heterocycles. The van der Waals surface area contributed by atoms with Crippen LogP contribution in [0.15, 0.2) is 42.5 Å². The van der Waals surface area contributed by atoms with Crippen molar-refractivity contribution in [2.75, 3.05) is 5.32 Å². The molecule has 144 valence electrons. The van der Waals surface area contributed by atoms with Crippen molar-refractivity contribution >= 4 is 40.7 Å². The van der Waals surface area contributed by atoms with Gasteiger partial charge in [-0.25, -0.2) is 4.68 Å². The molecule has 3 aromatic rings. The van der Waals surface area contributed by atoms with Crippen LogP contribution in [0.25, 0.3) is 5.69 Å². The van der Waals surface area contributed by atoms with E-state index in [4.69, 9.17) is 28.9 Å². The topological polar surface area (TPSA) is 90.0 Å². The van der Waals surface area contributed by atoms with Crippen LogP contribution in [0.5, 0.6) is 0 Å². The SMILES string of the molecule is Cc1nn(-c2ccc(Cl)cc2Cl)c(C)c1CC(=O)Nc1ccc(C(N)=O)cc1. The lowest BCUT2D eigenvalue weighted by Crippen LogP contribution is -2.16. The second-order valence-electron chi connectivity index (χ2n) is 6.32. The number of amides is 2. The van der Waals surface area contributed by atoms with E-state index in [0.29, 0.717) is 27.0 Å². The average Bonchev–Trinajstić information content (AvgIpc) is 2.90. The Hall–Kier alpha value is -2.83. The van der Waals surface area contributed by atoms with Gasteiger partial charge in [0.05, 0.1) is 22.8 Å². The zero-order valence-corrected chi connectivity index (χ0v) is 16.8. The largest absolute Gasteiger partial charge is 0.366 e. The standard InChI is InChI=1S/C20H18Cl2N4O2/c1-11-16(10-19(27)24-15-6-3-13(4-7-15)20(23)28)12(2)26(25-11)18-8-5-14(21)9-17(18)22/h3-9H,10H2,1-2H3,(H2,23,28)(H,24,27). The number of anilines is 1. The molecule has 6 nitrogen and oxygen atoms in total. The summed E-state index contributed by atoms with van der Waals surface area (Å²) >= 11 is 12.2. The van der Waals surface area contributed by atoms with Crippen LogP contribution in [0.1, 0.15) is 27.3 Å². The van der Waals surface area contributed by atoms with Gasteiger partial charge in [-0.05, 0) is 56.3 Å². The minimum absolute atomic E-state index is 0.153. The van der Waals surface area contributed by atoms with Gasteiger partial charge in [0.2, 0.25) is 11.8 Å². The summed E-state index contributed by atoms with van der Waals surface area (Å²) in [6.45, 7) is 3.73. The monoisotopic (exact) mass is 416 g/mol. The molecule has 8 heteroatoms. The highest BCUT2D eigenvalue weighted by atomic mass is 35.5. The van der Waals surface area contributed by atoms with Crippen LogP contribution in [-0.4, -0.2) is 21.6 Å². The Kier molecular flexibility index (Phi) is 5.72. The minimum atomic E-state index is -0.516. The molecule has 0 radical (unpaired) electrons. The second-order valence-corrected chi connectivity index (χ2v) is 7.17. The van der Waals surface area contributed by atoms with Crippen molar-refractivity contribution in [3.63, 3.8) is 0 Å². The zero-order chi connectivity index (χ0) is 20.4. The van der Waals surface area contributed by atoms with Crippen LogP contribution in [0, 0.1) is 13.8 Å². The molecule has 3 N–H and O–H groups in total. The number of aryl methyl sites for hydroxylation is 1. The second kappa shape index (κ2) is 8.04. The lowest BCUT2D eigenvalue weighted by Gasteiger charge is -2.09. The van der Waals surface area contributed by atoms with Gasteiger partial charge in [-0.3, -0.25) is 9.59 Å². The Bertz CT molecular complexity index is 1060. The van der Waals surface area contributed by atoms with Gasteiger partial charge in [-0.15, -0.1) is 0 Å². The van der Waals surface area contributed by atoms with Crippen LogP contribution in [-0.2, 0) is 11.2 Å². The number of nitrogens with zero attached hydrogens (tertiary/aromatic N) is 2. The number of carbonyl (C=O) groups excluding carboxylic acids is 2. The predicted molar refractivity (Wildman–Crippen MR) is 110 cm³/mol. The van der Waals surface area contributed by atoms with E-state index in [2.05, 4.69) is 10.4 Å². The molecule has 0 saturated carbocycles. The molecule has 2 aromatic carbocycles. The van der Waals surface area contributed by atoms with Crippen molar-refractivity contribution in [2.24, 2.45) is 5.73 Å². The summed E-state index contributed by atoms with van der Waals surface area (Å²) in [5.74, 6) is -0.711. The van der Waals surface area contributed by atoms with Crippen molar-refractivity contribution < 1.29 is 9.59 Å². The summed E-state index contributed by atoms with van der Waals surface area (Å²) in [7, 11) is 0. The maximum Gasteiger partial charge on any atom is 0.248 e. The van der Waals surface area contributed by atoms with Gasteiger partial charge in [0, 0.05) is 27.5 Å². The Morgan fingerprint density at radius 2 is 1.79 bits per heavy atom. The van der Waals surface area contributed by atoms with E-state index < -0.39 is 5.91 Å². The molecular weight excluding hydrogens is 399 g/mol. The number of halogens is 2. The first-order valence-electron chi connectivity index (χ1n) is 8.46. The van der Waals surface area contributed by atoms with Crippen LogP contribution >= 0.6 is 23.2 Å². The van der Waals surface area contributed by atoms with E-state index in [1.54, 1.807) is 47.1 Å². The fraction of sp³-hybridized carbons (Fsp3) is 0.150. The molecule has 0 unspecified atom stereocenters. The molecule has 2 amide bonds. The van der Waals surface area contributed by atoms with E-state index in [-0.39, 0.29) is 12.3 Å². The molecule has 3 rings (SSSR count). The molecule has 0 aliphatic heterocycles. The molecule has 0 aliphatic rings. The summed E-state index contributed by atoms with van der Waals surface area (Å²) < 4.78 is 1.71. The summed E-state index contributed by atoms with van der Waals surface area (Å²) in [5, 5.41) is 8.34. The van der Waals surface area contributed by atoms with E-state index in [1.807, 2.05) is 13.8 Å². The summed E-state index contributed by atoms with van der Waals surface area (Å²) in [6.07, 6.45) is 0.153. The molecule has 0 aliphatic carbocycles. The number of primary amides is 1. The third kappa shape index (κ3) is 4.18. The number of hydrogen-bond acceptors (Lipinski definition) is 3. The number of hydrogen-bond donors (Lipinski definition) is 2. The smallest absolute Gasteiger partial charge is 0.248 e. The molecule has 0 fully saturated rings. The van der Waals surface area contributed by atoms with Crippen molar-refractivity contribution in [1.82, 2.24) is 9.78 Å². The van der Waals surface area contributed by atoms with Gasteiger partial charge >= 0.3 is 0 Å². The van der Waals surface area contributed by atoms with Gasteiger partial charge in [-0.2, -0.15) is 5.10 Å². The van der Waals surface area contributed by atoms with Gasteiger partial charge in [0.1, 0.15) is 0 Å². The van der Waals surface area contributed by atoms with Crippen molar-refractivity contribution in [3.8, 4) is 5.69 Å². The number of nitrogens with one attached hydrogen (secondary N) is 1. The Morgan fingerprint density at radius 3 is 2.39 bits per heavy atom. The van der Waals surface area contributed by atoms with Gasteiger partial charge in [0.25, 0.3) is 0 Å². The fourth-order valence-corrected chi connectivity index (χ4v) is 3.39. The predicted octanol–water partition coefficient (Wildman–Crippen LogP) is 4.08. The van der Waals surface area contributed by atoms with Crippen LogP contribution in [0.3, 0.4) is 0 Å². The molecule has 0 atom stereocenters. The lowest BCUT2D eigenvalue weighted by molar-refractivity contribution is -0.115. The number of carbonyl (C=O) groups is 2. The van der Waals surface area contributed by atoms with E-state index in [1.165, 1.54) is 0 Å². The van der Waals surface area contributed by atoms with Gasteiger partial charge in [0.15, 0.2) is 0 Å². The van der Waals surface area contributed by atoms with Crippen molar-refractivity contribution in [2.45, 2.75) is 20.3 Å². The number of benzene rings is 2. The maximum absolute atomic E-state index is 12.5. The Balaban J connectivity index is 1.80. The third-order valence-corrected chi connectivity index (χ3v) is 4.91. The first kappa shape index (κ1) is 19.9. The van der Waals surface area contributed by atoms with Crippen LogP contribution < -0.4 is 11.1 Å². The Morgan fingerprint density at radius 1 is 1.11 bits per heavy atom. The van der Waals surface area contributed by atoms with Crippen molar-refractivity contribution in [1.29, 1.82) is 0 Å². The zero-order valence-electron chi connectivity index (χ0n) is 15.3. The summed E-state index contributed by atoms with van der Waals surface area (Å²) in [6, 6.07) is 11.6. The van der Waals surface area contributed by atoms with E-state index in [0.717, 1.165) is 17.0 Å². The van der Waals surface area contributed by atoms with Gasteiger partial charge in [-0.1, -0.05) is 23.2 Å². The van der Waals surface area contributed by atoms with Crippen molar-refractivity contribution in [3.05, 3.63) is 75.0 Å². The lowest BCUT2D eigenvalue weighted by atomic mass is 10.1.